The molecule has 0 aromatic heterocycles. The molecule has 0 N–H and O–H groups in total. The molecule has 6 aromatic carbocycles. The van der Waals surface area contributed by atoms with E-state index >= 15 is 0 Å². The molecule has 0 bridgehead atoms. The van der Waals surface area contributed by atoms with Crippen molar-refractivity contribution in [2.24, 2.45) is 0 Å². The summed E-state index contributed by atoms with van der Waals surface area (Å²) in [4.78, 5) is 0.868. The van der Waals surface area contributed by atoms with Crippen molar-refractivity contribution in [2.45, 2.75) is 9.79 Å². The van der Waals surface area contributed by atoms with Crippen molar-refractivity contribution in [1.29, 1.82) is 0 Å². The minimum Gasteiger partial charge on any atom is -0.219 e. The first kappa shape index (κ1) is 18.0. The number of sulfone groups is 1. The Morgan fingerprint density at radius 1 is 0.562 bits per heavy atom. The van der Waals surface area contributed by atoms with Gasteiger partial charge in [-0.05, 0) is 43.9 Å². The molecule has 1 aliphatic heterocycles. The molecule has 0 amide bonds. The summed E-state index contributed by atoms with van der Waals surface area (Å²) < 4.78 is 28.0. The molecule has 150 valence electrons. The Morgan fingerprint density at radius 2 is 1.25 bits per heavy atom. The summed E-state index contributed by atoms with van der Waals surface area (Å²) in [7, 11) is -3.67. The van der Waals surface area contributed by atoms with E-state index in [4.69, 9.17) is 0 Å². The van der Waals surface area contributed by atoms with E-state index in [1.54, 1.807) is 6.07 Å². The van der Waals surface area contributed by atoms with Gasteiger partial charge in [0.2, 0.25) is 16.6 Å². The SMILES string of the molecule is O=S1(=O)c2ccccc2B(c2ccccc2)c2cc3ccc4cccc5ccc(c21)c3c45. The van der Waals surface area contributed by atoms with Crippen LogP contribution in [0.2, 0.25) is 0 Å². The highest BCUT2D eigenvalue weighted by atomic mass is 32.2. The van der Waals surface area contributed by atoms with Crippen LogP contribution in [0.15, 0.2) is 113 Å². The molecule has 0 saturated heterocycles. The molecular weight excluding hydrogens is 411 g/mol. The van der Waals surface area contributed by atoms with Gasteiger partial charge in [-0.3, -0.25) is 0 Å². The third kappa shape index (κ3) is 2.22. The van der Waals surface area contributed by atoms with Crippen LogP contribution in [0.1, 0.15) is 0 Å². The van der Waals surface area contributed by atoms with Crippen LogP contribution in [0.3, 0.4) is 0 Å². The average molecular weight is 428 g/mol. The van der Waals surface area contributed by atoms with Crippen molar-refractivity contribution >= 4 is 65.3 Å². The number of fused-ring (bicyclic) bond motifs is 3. The summed E-state index contributed by atoms with van der Waals surface area (Å²) in [5.74, 6) is 0. The Bertz CT molecular complexity index is 1770. The smallest absolute Gasteiger partial charge is 0.219 e. The number of rotatable bonds is 1. The lowest BCUT2D eigenvalue weighted by Crippen LogP contribution is -2.57. The van der Waals surface area contributed by atoms with Gasteiger partial charge in [0.1, 0.15) is 0 Å². The fraction of sp³-hybridized carbons (Fsp3) is 0. The maximum Gasteiger partial charge on any atom is 0.244 e. The van der Waals surface area contributed by atoms with E-state index in [9.17, 15) is 8.42 Å². The highest BCUT2D eigenvalue weighted by Gasteiger charge is 2.40. The molecule has 1 heterocycles. The second kappa shape index (κ2) is 6.21. The molecule has 6 aromatic rings. The van der Waals surface area contributed by atoms with Crippen molar-refractivity contribution in [1.82, 2.24) is 0 Å². The topological polar surface area (TPSA) is 34.1 Å². The minimum atomic E-state index is -3.67. The third-order valence-electron chi connectivity index (χ3n) is 6.86. The first-order chi connectivity index (χ1) is 15.6. The zero-order valence-corrected chi connectivity index (χ0v) is 17.9. The highest BCUT2D eigenvalue weighted by molar-refractivity contribution is 7.92. The number of hydrogen-bond acceptors (Lipinski definition) is 2. The molecule has 0 radical (unpaired) electrons. The van der Waals surface area contributed by atoms with E-state index in [-0.39, 0.29) is 6.71 Å². The van der Waals surface area contributed by atoms with E-state index in [1.807, 2.05) is 42.5 Å². The van der Waals surface area contributed by atoms with Crippen LogP contribution in [-0.4, -0.2) is 15.1 Å². The normalized spacial score (nSPS) is 14.7. The summed E-state index contributed by atoms with van der Waals surface area (Å²) in [5.41, 5.74) is 2.81. The van der Waals surface area contributed by atoms with Gasteiger partial charge in [0.25, 0.3) is 0 Å². The zero-order valence-electron chi connectivity index (χ0n) is 17.1. The van der Waals surface area contributed by atoms with Crippen LogP contribution in [0.25, 0.3) is 32.3 Å². The average Bonchev–Trinajstić information content (AvgIpc) is 2.83. The zero-order chi connectivity index (χ0) is 21.4. The summed E-state index contributed by atoms with van der Waals surface area (Å²) >= 11 is 0. The molecule has 4 heteroatoms. The lowest BCUT2D eigenvalue weighted by Gasteiger charge is -2.28. The number of benzene rings is 6. The predicted octanol–water partition coefficient (Wildman–Crippen LogP) is 4.25. The van der Waals surface area contributed by atoms with Crippen LogP contribution in [0, 0.1) is 0 Å². The quantitative estimate of drug-likeness (QED) is 0.290. The third-order valence-corrected chi connectivity index (χ3v) is 8.80. The Labute approximate surface area is 186 Å². The lowest BCUT2D eigenvalue weighted by atomic mass is 9.36. The second-order valence-electron chi connectivity index (χ2n) is 8.54. The van der Waals surface area contributed by atoms with Crippen LogP contribution in [0.4, 0.5) is 0 Å². The van der Waals surface area contributed by atoms with Gasteiger partial charge in [0.15, 0.2) is 0 Å². The van der Waals surface area contributed by atoms with Gasteiger partial charge in [-0.25, -0.2) is 8.42 Å². The molecule has 0 unspecified atom stereocenters. The molecule has 0 saturated carbocycles. The van der Waals surface area contributed by atoms with E-state index in [0.29, 0.717) is 9.79 Å². The predicted molar refractivity (Wildman–Crippen MR) is 133 cm³/mol. The van der Waals surface area contributed by atoms with E-state index in [2.05, 4.69) is 54.6 Å². The van der Waals surface area contributed by atoms with Crippen molar-refractivity contribution in [2.75, 3.05) is 0 Å². The molecule has 2 nitrogen and oxygen atoms in total. The van der Waals surface area contributed by atoms with Crippen LogP contribution in [0.5, 0.6) is 0 Å². The standard InChI is InChI=1S/C28H17BO2S/c30-32(31)25-12-5-4-11-23(25)29(21-9-2-1-3-10-21)24-17-20-14-13-18-7-6-8-19-15-16-22(28(24)32)27(20)26(18)19/h1-17H. The van der Waals surface area contributed by atoms with Gasteiger partial charge in [-0.2, -0.15) is 0 Å². The second-order valence-corrected chi connectivity index (χ2v) is 10.4. The lowest BCUT2D eigenvalue weighted by molar-refractivity contribution is 0.597. The first-order valence-corrected chi connectivity index (χ1v) is 12.2. The van der Waals surface area contributed by atoms with Gasteiger partial charge in [0, 0.05) is 5.39 Å². The maximum atomic E-state index is 14.0. The Hall–Kier alpha value is -3.63. The van der Waals surface area contributed by atoms with Gasteiger partial charge >= 0.3 is 0 Å². The number of hydrogen-bond donors (Lipinski definition) is 0. The highest BCUT2D eigenvalue weighted by Crippen LogP contribution is 2.39. The minimum absolute atomic E-state index is 0.132. The van der Waals surface area contributed by atoms with Gasteiger partial charge in [0.05, 0.1) is 9.79 Å². The molecule has 1 aliphatic rings. The van der Waals surface area contributed by atoms with Crippen molar-refractivity contribution in [3.8, 4) is 0 Å². The van der Waals surface area contributed by atoms with E-state index in [1.165, 1.54) is 0 Å². The van der Waals surface area contributed by atoms with Crippen LogP contribution < -0.4 is 16.4 Å². The monoisotopic (exact) mass is 428 g/mol. The van der Waals surface area contributed by atoms with Crippen molar-refractivity contribution in [3.63, 3.8) is 0 Å². The molecular formula is C28H17BO2S. The molecule has 7 rings (SSSR count). The maximum absolute atomic E-state index is 14.0. The van der Waals surface area contributed by atoms with Gasteiger partial charge in [-0.15, -0.1) is 0 Å². The molecule has 0 atom stereocenters. The summed E-state index contributed by atoms with van der Waals surface area (Å²) in [6, 6.07) is 34.3. The van der Waals surface area contributed by atoms with Crippen LogP contribution in [-0.2, 0) is 9.84 Å². The van der Waals surface area contributed by atoms with E-state index in [0.717, 1.165) is 48.7 Å². The van der Waals surface area contributed by atoms with E-state index < -0.39 is 9.84 Å². The summed E-state index contributed by atoms with van der Waals surface area (Å²) in [6.07, 6.45) is 0. The summed E-state index contributed by atoms with van der Waals surface area (Å²) in [5, 5.41) is 6.34. The molecule has 0 fully saturated rings. The van der Waals surface area contributed by atoms with Crippen LogP contribution >= 0.6 is 0 Å². The Kier molecular flexibility index (Phi) is 3.49. The summed E-state index contributed by atoms with van der Waals surface area (Å²) in [6.45, 7) is -0.132. The van der Waals surface area contributed by atoms with Crippen molar-refractivity contribution in [3.05, 3.63) is 103 Å². The van der Waals surface area contributed by atoms with Gasteiger partial charge < -0.3 is 0 Å². The van der Waals surface area contributed by atoms with Crippen molar-refractivity contribution < 1.29 is 8.42 Å². The molecule has 32 heavy (non-hydrogen) atoms. The molecule has 0 aliphatic carbocycles. The fourth-order valence-corrected chi connectivity index (χ4v) is 7.49. The van der Waals surface area contributed by atoms with Gasteiger partial charge in [-0.1, -0.05) is 103 Å². The largest absolute Gasteiger partial charge is 0.244 e. The first-order valence-electron chi connectivity index (χ1n) is 10.7. The fourth-order valence-electron chi connectivity index (χ4n) is 5.57. The Balaban J connectivity index is 1.72. The molecule has 0 spiro atoms. The Morgan fingerprint density at radius 3 is 2.06 bits per heavy atom.